The molecule has 5 heteroatoms. The second kappa shape index (κ2) is 4.98. The molecule has 0 unspecified atom stereocenters. The highest BCUT2D eigenvalue weighted by Gasteiger charge is 2.34. The monoisotopic (exact) mass is 287 g/mol. The Hall–Kier alpha value is -2.17. The molecular formula is C16H18FN3O. The van der Waals surface area contributed by atoms with Gasteiger partial charge in [-0.15, -0.1) is 0 Å². The number of amides is 1. The summed E-state index contributed by atoms with van der Waals surface area (Å²) in [7, 11) is 0. The van der Waals surface area contributed by atoms with Crippen molar-refractivity contribution in [2.45, 2.75) is 38.6 Å². The Kier molecular flexibility index (Phi) is 3.27. The first kappa shape index (κ1) is 13.8. The third-order valence-electron chi connectivity index (χ3n) is 4.08. The van der Waals surface area contributed by atoms with Gasteiger partial charge in [-0.1, -0.05) is 0 Å². The molecule has 0 saturated heterocycles. The zero-order chi connectivity index (χ0) is 15.0. The molecule has 1 saturated carbocycles. The molecule has 1 fully saturated rings. The predicted octanol–water partition coefficient (Wildman–Crippen LogP) is 2.99. The molecule has 4 nitrogen and oxygen atoms in total. The highest BCUT2D eigenvalue weighted by molar-refractivity contribution is 5.94. The van der Waals surface area contributed by atoms with Crippen molar-refractivity contribution >= 4 is 5.91 Å². The summed E-state index contributed by atoms with van der Waals surface area (Å²) < 4.78 is 14.6. The van der Waals surface area contributed by atoms with E-state index in [4.69, 9.17) is 0 Å². The topological polar surface area (TPSA) is 46.9 Å². The summed E-state index contributed by atoms with van der Waals surface area (Å²) in [6.07, 6.45) is 4.96. The number of aryl methyl sites for hydroxylation is 1. The van der Waals surface area contributed by atoms with E-state index in [0.29, 0.717) is 5.69 Å². The van der Waals surface area contributed by atoms with Gasteiger partial charge in [0.1, 0.15) is 5.82 Å². The molecule has 1 aromatic heterocycles. The maximum Gasteiger partial charge on any atom is 0.272 e. The number of halogens is 1. The van der Waals surface area contributed by atoms with Crippen molar-refractivity contribution in [1.29, 1.82) is 0 Å². The van der Waals surface area contributed by atoms with E-state index in [-0.39, 0.29) is 17.3 Å². The van der Waals surface area contributed by atoms with Gasteiger partial charge in [0.25, 0.3) is 5.91 Å². The van der Waals surface area contributed by atoms with E-state index in [2.05, 4.69) is 17.3 Å². The smallest absolute Gasteiger partial charge is 0.272 e. The van der Waals surface area contributed by atoms with Crippen LogP contribution in [0.5, 0.6) is 0 Å². The van der Waals surface area contributed by atoms with Crippen molar-refractivity contribution in [3.05, 3.63) is 47.5 Å². The van der Waals surface area contributed by atoms with Crippen LogP contribution in [0.4, 0.5) is 4.39 Å². The number of aromatic nitrogens is 2. The van der Waals surface area contributed by atoms with Crippen LogP contribution in [0.3, 0.4) is 0 Å². The quantitative estimate of drug-likeness (QED) is 0.943. The zero-order valence-corrected chi connectivity index (χ0v) is 12.2. The summed E-state index contributed by atoms with van der Waals surface area (Å²) in [6, 6.07) is 6.02. The van der Waals surface area contributed by atoms with E-state index >= 15 is 0 Å². The fraction of sp³-hybridized carbons (Fsp3) is 0.375. The van der Waals surface area contributed by atoms with Crippen LogP contribution in [0.25, 0.3) is 5.69 Å². The van der Waals surface area contributed by atoms with Crippen molar-refractivity contribution in [2.75, 3.05) is 0 Å². The van der Waals surface area contributed by atoms with Gasteiger partial charge < -0.3 is 5.32 Å². The molecule has 0 atom stereocenters. The van der Waals surface area contributed by atoms with Crippen molar-refractivity contribution in [3.8, 4) is 5.69 Å². The maximum atomic E-state index is 13.0. The van der Waals surface area contributed by atoms with E-state index in [1.807, 2.05) is 6.92 Å². The van der Waals surface area contributed by atoms with Crippen LogP contribution in [-0.4, -0.2) is 21.2 Å². The van der Waals surface area contributed by atoms with Crippen molar-refractivity contribution in [3.63, 3.8) is 0 Å². The maximum absolute atomic E-state index is 13.0. The van der Waals surface area contributed by atoms with Crippen LogP contribution in [-0.2, 0) is 0 Å². The highest BCUT2D eigenvalue weighted by Crippen LogP contribution is 2.31. The normalized spacial score (nSPS) is 16.3. The molecule has 1 aliphatic rings. The Morgan fingerprint density at radius 3 is 2.57 bits per heavy atom. The molecule has 0 spiro atoms. The molecule has 0 bridgehead atoms. The van der Waals surface area contributed by atoms with Crippen LogP contribution in [0.2, 0.25) is 0 Å². The molecule has 1 N–H and O–H groups in total. The van der Waals surface area contributed by atoms with Crippen LogP contribution in [0, 0.1) is 12.7 Å². The summed E-state index contributed by atoms with van der Waals surface area (Å²) >= 11 is 0. The molecule has 0 radical (unpaired) electrons. The minimum Gasteiger partial charge on any atom is -0.345 e. The van der Waals surface area contributed by atoms with E-state index in [9.17, 15) is 9.18 Å². The van der Waals surface area contributed by atoms with Gasteiger partial charge in [0.2, 0.25) is 0 Å². The number of hydrogen-bond donors (Lipinski definition) is 1. The minimum atomic E-state index is -0.293. The molecule has 1 aromatic carbocycles. The number of benzene rings is 1. The predicted molar refractivity (Wildman–Crippen MR) is 78.0 cm³/mol. The van der Waals surface area contributed by atoms with E-state index < -0.39 is 0 Å². The van der Waals surface area contributed by atoms with Crippen LogP contribution < -0.4 is 5.32 Å². The molecule has 2 aromatic rings. The molecule has 1 amide bonds. The average molecular weight is 287 g/mol. The summed E-state index contributed by atoms with van der Waals surface area (Å²) in [4.78, 5) is 12.3. The van der Waals surface area contributed by atoms with Gasteiger partial charge >= 0.3 is 0 Å². The second-order valence-electron chi connectivity index (χ2n) is 5.95. The Labute approximate surface area is 123 Å². The second-order valence-corrected chi connectivity index (χ2v) is 5.95. The number of hydrogen-bond acceptors (Lipinski definition) is 2. The number of carbonyl (C=O) groups is 1. The Morgan fingerprint density at radius 2 is 2.00 bits per heavy atom. The molecule has 21 heavy (non-hydrogen) atoms. The number of nitrogens with zero attached hydrogens (tertiary/aromatic N) is 2. The summed E-state index contributed by atoms with van der Waals surface area (Å²) in [5.41, 5.74) is 1.86. The third-order valence-corrected chi connectivity index (χ3v) is 4.08. The van der Waals surface area contributed by atoms with Gasteiger partial charge in [-0.2, -0.15) is 5.10 Å². The molecule has 110 valence electrons. The fourth-order valence-electron chi connectivity index (χ4n) is 2.58. The Bertz CT molecular complexity index is 671. The van der Waals surface area contributed by atoms with Crippen molar-refractivity contribution in [1.82, 2.24) is 15.1 Å². The van der Waals surface area contributed by atoms with Gasteiger partial charge in [0.05, 0.1) is 5.69 Å². The summed E-state index contributed by atoms with van der Waals surface area (Å²) in [5, 5.41) is 7.38. The molecule has 1 aliphatic carbocycles. The van der Waals surface area contributed by atoms with Gasteiger partial charge in [-0.3, -0.25) is 4.79 Å². The SMILES string of the molecule is Cc1cn(-c2ccc(F)cc2)nc1C(=O)NC1(C)CCC1. The standard InChI is InChI=1S/C16H18FN3O/c1-11-10-20(13-6-4-12(17)5-7-13)19-14(11)15(21)18-16(2)8-3-9-16/h4-7,10H,3,8-9H2,1-2H3,(H,18,21). The molecule has 0 aliphatic heterocycles. The van der Waals surface area contributed by atoms with Gasteiger partial charge in [0.15, 0.2) is 5.69 Å². The largest absolute Gasteiger partial charge is 0.345 e. The molecule has 1 heterocycles. The van der Waals surface area contributed by atoms with Gasteiger partial charge in [-0.25, -0.2) is 9.07 Å². The number of carbonyl (C=O) groups excluding carboxylic acids is 1. The Balaban J connectivity index is 1.83. The van der Waals surface area contributed by atoms with E-state index in [0.717, 1.165) is 30.5 Å². The van der Waals surface area contributed by atoms with Crippen molar-refractivity contribution in [2.24, 2.45) is 0 Å². The Morgan fingerprint density at radius 1 is 1.33 bits per heavy atom. The zero-order valence-electron chi connectivity index (χ0n) is 12.2. The van der Waals surface area contributed by atoms with Crippen LogP contribution in [0.1, 0.15) is 42.2 Å². The van der Waals surface area contributed by atoms with Gasteiger partial charge in [-0.05, 0) is 57.4 Å². The third kappa shape index (κ3) is 2.68. The van der Waals surface area contributed by atoms with E-state index in [1.165, 1.54) is 12.1 Å². The number of rotatable bonds is 3. The summed E-state index contributed by atoms with van der Waals surface area (Å²) in [6.45, 7) is 3.91. The van der Waals surface area contributed by atoms with Gasteiger partial charge in [0, 0.05) is 17.3 Å². The highest BCUT2D eigenvalue weighted by atomic mass is 19.1. The van der Waals surface area contributed by atoms with Crippen LogP contribution in [0.15, 0.2) is 30.5 Å². The van der Waals surface area contributed by atoms with Crippen LogP contribution >= 0.6 is 0 Å². The first-order chi connectivity index (χ1) is 9.97. The minimum absolute atomic E-state index is 0.0941. The lowest BCUT2D eigenvalue weighted by atomic mass is 9.78. The lowest BCUT2D eigenvalue weighted by Gasteiger charge is -2.38. The lowest BCUT2D eigenvalue weighted by Crippen LogP contribution is -2.51. The van der Waals surface area contributed by atoms with E-state index in [1.54, 1.807) is 23.0 Å². The first-order valence-electron chi connectivity index (χ1n) is 7.12. The average Bonchev–Trinajstić information content (AvgIpc) is 2.80. The molecule has 3 rings (SSSR count). The first-order valence-corrected chi connectivity index (χ1v) is 7.12. The summed E-state index contributed by atoms with van der Waals surface area (Å²) in [5.74, 6) is -0.436. The van der Waals surface area contributed by atoms with Crippen molar-refractivity contribution < 1.29 is 9.18 Å². The fourth-order valence-corrected chi connectivity index (χ4v) is 2.58. The molecular weight excluding hydrogens is 269 g/mol. The lowest BCUT2D eigenvalue weighted by molar-refractivity contribution is 0.0844. The number of nitrogens with one attached hydrogen (secondary N) is 1.